The van der Waals surface area contributed by atoms with Crippen LogP contribution >= 0.6 is 0 Å². The number of carbonyl (C=O) groups is 1. The van der Waals surface area contributed by atoms with Crippen LogP contribution in [0.3, 0.4) is 0 Å². The molecule has 5 nitrogen and oxygen atoms in total. The average Bonchev–Trinajstić information content (AvgIpc) is 3.24. The molecule has 1 amide bonds. The Morgan fingerprint density at radius 3 is 2.66 bits per heavy atom. The number of halogens is 1. The van der Waals surface area contributed by atoms with Crippen molar-refractivity contribution in [3.8, 4) is 0 Å². The Balaban J connectivity index is 1.50. The summed E-state index contributed by atoms with van der Waals surface area (Å²) in [6.45, 7) is 3.52. The van der Waals surface area contributed by atoms with Crippen molar-refractivity contribution >= 4 is 5.91 Å². The Labute approximate surface area is 172 Å². The first kappa shape index (κ1) is 20.1. The standard InChI is InChI=1S/C23H31FN4O/c1-27-13-9-23(10-14-27,16-18-4-6-20(24)7-5-18)22(29)28-12-2-3-19(17-28)15-21-8-11-25-26-21/h4-8,11,19H,2-3,9-10,12-17H2,1H3,(H,25,26)/t19-/m0/s1. The Bertz CT molecular complexity index is 797. The fraction of sp³-hybridized carbons (Fsp3) is 0.565. The number of hydrogen-bond acceptors (Lipinski definition) is 3. The van der Waals surface area contributed by atoms with Crippen LogP contribution in [0.5, 0.6) is 0 Å². The van der Waals surface area contributed by atoms with E-state index in [1.54, 1.807) is 6.20 Å². The number of aromatic amines is 1. The highest BCUT2D eigenvalue weighted by atomic mass is 19.1. The van der Waals surface area contributed by atoms with Crippen LogP contribution in [-0.4, -0.2) is 59.1 Å². The maximum atomic E-state index is 13.8. The molecule has 1 aromatic heterocycles. The zero-order valence-electron chi connectivity index (χ0n) is 17.2. The molecule has 4 rings (SSSR count). The van der Waals surface area contributed by atoms with Crippen LogP contribution in [0.4, 0.5) is 4.39 Å². The minimum Gasteiger partial charge on any atom is -0.342 e. The number of nitrogens with one attached hydrogen (secondary N) is 1. The molecule has 0 aliphatic carbocycles. The van der Waals surface area contributed by atoms with Crippen molar-refractivity contribution < 1.29 is 9.18 Å². The number of H-pyrrole nitrogens is 1. The molecule has 0 saturated carbocycles. The van der Waals surface area contributed by atoms with Gasteiger partial charge in [-0.15, -0.1) is 0 Å². The third-order valence-corrected chi connectivity index (χ3v) is 6.73. The maximum Gasteiger partial charge on any atom is 0.229 e. The van der Waals surface area contributed by atoms with E-state index in [0.717, 1.165) is 69.5 Å². The number of nitrogens with zero attached hydrogens (tertiary/aromatic N) is 3. The fourth-order valence-corrected chi connectivity index (χ4v) is 4.97. The van der Waals surface area contributed by atoms with Crippen molar-refractivity contribution in [3.63, 3.8) is 0 Å². The van der Waals surface area contributed by atoms with E-state index in [4.69, 9.17) is 0 Å². The molecule has 1 atom stereocenters. The molecule has 2 saturated heterocycles. The van der Waals surface area contributed by atoms with Crippen LogP contribution in [0.1, 0.15) is 36.9 Å². The summed E-state index contributed by atoms with van der Waals surface area (Å²) in [4.78, 5) is 18.2. The van der Waals surface area contributed by atoms with E-state index in [1.807, 2.05) is 18.2 Å². The van der Waals surface area contributed by atoms with E-state index < -0.39 is 0 Å². The molecule has 3 heterocycles. The van der Waals surface area contributed by atoms with Gasteiger partial charge in [0, 0.05) is 25.0 Å². The summed E-state index contributed by atoms with van der Waals surface area (Å²) in [6, 6.07) is 8.70. The summed E-state index contributed by atoms with van der Waals surface area (Å²) in [6.07, 6.45) is 7.35. The molecule has 2 aromatic rings. The minimum atomic E-state index is -0.375. The van der Waals surface area contributed by atoms with Gasteiger partial charge in [-0.3, -0.25) is 9.89 Å². The van der Waals surface area contributed by atoms with Gasteiger partial charge in [0.25, 0.3) is 0 Å². The van der Waals surface area contributed by atoms with E-state index >= 15 is 0 Å². The number of amides is 1. The first-order chi connectivity index (χ1) is 14.0. The van der Waals surface area contributed by atoms with Crippen molar-refractivity contribution in [2.45, 2.75) is 38.5 Å². The third kappa shape index (κ3) is 4.69. The number of carbonyl (C=O) groups excluding carboxylic acids is 1. The van der Waals surface area contributed by atoms with Gasteiger partial charge in [-0.1, -0.05) is 12.1 Å². The molecule has 2 aliphatic heterocycles. The van der Waals surface area contributed by atoms with Crippen LogP contribution in [0.2, 0.25) is 0 Å². The quantitative estimate of drug-likeness (QED) is 0.841. The normalized spacial score (nSPS) is 22.6. The van der Waals surface area contributed by atoms with Crippen molar-refractivity contribution in [2.24, 2.45) is 11.3 Å². The first-order valence-electron chi connectivity index (χ1n) is 10.7. The van der Waals surface area contributed by atoms with Gasteiger partial charge < -0.3 is 9.80 Å². The molecular weight excluding hydrogens is 367 g/mol. The first-order valence-corrected chi connectivity index (χ1v) is 10.7. The number of hydrogen-bond donors (Lipinski definition) is 1. The second-order valence-corrected chi connectivity index (χ2v) is 8.93. The second-order valence-electron chi connectivity index (χ2n) is 8.93. The lowest BCUT2D eigenvalue weighted by Gasteiger charge is -2.44. The van der Waals surface area contributed by atoms with Crippen LogP contribution in [0, 0.1) is 17.2 Å². The number of aromatic nitrogens is 2. The SMILES string of the molecule is CN1CCC(Cc2ccc(F)cc2)(C(=O)N2CCC[C@@H](Cc3ccn[nH]3)C2)CC1. The van der Waals surface area contributed by atoms with E-state index in [2.05, 4.69) is 27.0 Å². The molecule has 0 unspecified atom stereocenters. The predicted molar refractivity (Wildman–Crippen MR) is 111 cm³/mol. The molecular formula is C23H31FN4O. The highest BCUT2D eigenvalue weighted by Crippen LogP contribution is 2.38. The summed E-state index contributed by atoms with van der Waals surface area (Å²) in [5.74, 6) is 0.543. The molecule has 1 aromatic carbocycles. The molecule has 1 N–H and O–H groups in total. The Hall–Kier alpha value is -2.21. The molecule has 0 bridgehead atoms. The number of likely N-dealkylation sites (tertiary alicyclic amines) is 2. The van der Waals surface area contributed by atoms with Gasteiger partial charge >= 0.3 is 0 Å². The fourth-order valence-electron chi connectivity index (χ4n) is 4.97. The summed E-state index contributed by atoms with van der Waals surface area (Å²) in [5.41, 5.74) is 1.82. The summed E-state index contributed by atoms with van der Waals surface area (Å²) in [5, 5.41) is 7.10. The summed E-state index contributed by atoms with van der Waals surface area (Å²) < 4.78 is 13.4. The van der Waals surface area contributed by atoms with Gasteiger partial charge in [0.1, 0.15) is 5.82 Å². The van der Waals surface area contributed by atoms with E-state index in [-0.39, 0.29) is 11.2 Å². The molecule has 6 heteroatoms. The van der Waals surface area contributed by atoms with Crippen molar-refractivity contribution in [1.29, 1.82) is 0 Å². The summed E-state index contributed by atoms with van der Waals surface area (Å²) >= 11 is 0. The second kappa shape index (κ2) is 8.66. The number of piperidine rings is 2. The van der Waals surface area contributed by atoms with Crippen LogP contribution in [0.15, 0.2) is 36.5 Å². The smallest absolute Gasteiger partial charge is 0.229 e. The Kier molecular flexibility index (Phi) is 5.99. The van der Waals surface area contributed by atoms with Gasteiger partial charge in [-0.2, -0.15) is 5.10 Å². The monoisotopic (exact) mass is 398 g/mol. The van der Waals surface area contributed by atoms with Crippen molar-refractivity contribution in [2.75, 3.05) is 33.2 Å². The minimum absolute atomic E-state index is 0.227. The largest absolute Gasteiger partial charge is 0.342 e. The van der Waals surface area contributed by atoms with Crippen LogP contribution < -0.4 is 0 Å². The van der Waals surface area contributed by atoms with E-state index in [1.165, 1.54) is 12.1 Å². The number of rotatable bonds is 5. The lowest BCUT2D eigenvalue weighted by atomic mass is 9.72. The van der Waals surface area contributed by atoms with Gasteiger partial charge in [0.15, 0.2) is 0 Å². The third-order valence-electron chi connectivity index (χ3n) is 6.73. The Morgan fingerprint density at radius 1 is 1.21 bits per heavy atom. The highest BCUT2D eigenvalue weighted by Gasteiger charge is 2.44. The highest BCUT2D eigenvalue weighted by molar-refractivity contribution is 5.83. The maximum absolute atomic E-state index is 13.8. The lowest BCUT2D eigenvalue weighted by Crippen LogP contribution is -2.53. The van der Waals surface area contributed by atoms with E-state index in [9.17, 15) is 9.18 Å². The molecule has 0 spiro atoms. The molecule has 2 fully saturated rings. The zero-order valence-corrected chi connectivity index (χ0v) is 17.2. The zero-order chi connectivity index (χ0) is 20.3. The van der Waals surface area contributed by atoms with Crippen LogP contribution in [-0.2, 0) is 17.6 Å². The van der Waals surface area contributed by atoms with Crippen LogP contribution in [0.25, 0.3) is 0 Å². The Morgan fingerprint density at radius 2 is 1.97 bits per heavy atom. The lowest BCUT2D eigenvalue weighted by molar-refractivity contribution is -0.147. The molecule has 156 valence electrons. The van der Waals surface area contributed by atoms with Gasteiger partial charge in [0.2, 0.25) is 5.91 Å². The van der Waals surface area contributed by atoms with Gasteiger partial charge in [0.05, 0.1) is 5.41 Å². The average molecular weight is 399 g/mol. The topological polar surface area (TPSA) is 52.2 Å². The molecule has 29 heavy (non-hydrogen) atoms. The summed E-state index contributed by atoms with van der Waals surface area (Å²) in [7, 11) is 2.12. The predicted octanol–water partition coefficient (Wildman–Crippen LogP) is 3.28. The van der Waals surface area contributed by atoms with Crippen molar-refractivity contribution in [1.82, 2.24) is 20.0 Å². The number of benzene rings is 1. The van der Waals surface area contributed by atoms with Crippen molar-refractivity contribution in [3.05, 3.63) is 53.6 Å². The molecule has 0 radical (unpaired) electrons. The van der Waals surface area contributed by atoms with Gasteiger partial charge in [-0.05, 0) is 88.3 Å². The van der Waals surface area contributed by atoms with E-state index in [0.29, 0.717) is 18.2 Å². The molecule has 2 aliphatic rings. The van der Waals surface area contributed by atoms with Gasteiger partial charge in [-0.25, -0.2) is 4.39 Å².